The molecule has 0 N–H and O–H groups in total. The van der Waals surface area contributed by atoms with E-state index in [-0.39, 0.29) is 12.2 Å². The molecule has 92 valence electrons. The van der Waals surface area contributed by atoms with Gasteiger partial charge in [-0.2, -0.15) is 0 Å². The highest BCUT2D eigenvalue weighted by molar-refractivity contribution is 5.64. The van der Waals surface area contributed by atoms with Gasteiger partial charge in [0.15, 0.2) is 5.79 Å². The molecule has 1 saturated heterocycles. The molecular formula is C13H22O3. The fourth-order valence-corrected chi connectivity index (χ4v) is 2.00. The van der Waals surface area contributed by atoms with Gasteiger partial charge in [0.1, 0.15) is 12.4 Å². The minimum Gasteiger partial charge on any atom is -0.344 e. The number of aldehydes is 1. The maximum atomic E-state index is 10.3. The van der Waals surface area contributed by atoms with Crippen LogP contribution in [-0.4, -0.2) is 24.3 Å². The van der Waals surface area contributed by atoms with Crippen molar-refractivity contribution in [1.82, 2.24) is 0 Å². The SMILES string of the molecule is CCCCC[C@H]1OC(C)(C)O[C@@H]1/C=C/C=O. The Balaban J connectivity index is 2.50. The topological polar surface area (TPSA) is 35.5 Å². The monoisotopic (exact) mass is 226 g/mol. The molecule has 0 aromatic rings. The zero-order valence-corrected chi connectivity index (χ0v) is 10.4. The fourth-order valence-electron chi connectivity index (χ4n) is 2.00. The van der Waals surface area contributed by atoms with Crippen molar-refractivity contribution in [2.75, 3.05) is 0 Å². The first-order chi connectivity index (χ1) is 7.59. The van der Waals surface area contributed by atoms with Crippen LogP contribution in [0, 0.1) is 0 Å². The Morgan fingerprint density at radius 2 is 2.00 bits per heavy atom. The average molecular weight is 226 g/mol. The van der Waals surface area contributed by atoms with Crippen LogP contribution in [-0.2, 0) is 14.3 Å². The van der Waals surface area contributed by atoms with Crippen LogP contribution in [0.1, 0.15) is 46.5 Å². The summed E-state index contributed by atoms with van der Waals surface area (Å²) < 4.78 is 11.5. The van der Waals surface area contributed by atoms with Gasteiger partial charge < -0.3 is 9.47 Å². The van der Waals surface area contributed by atoms with Crippen molar-refractivity contribution in [3.63, 3.8) is 0 Å². The molecule has 1 rings (SSSR count). The molecule has 0 spiro atoms. The maximum Gasteiger partial charge on any atom is 0.164 e. The second-order valence-electron chi connectivity index (χ2n) is 4.66. The summed E-state index contributed by atoms with van der Waals surface area (Å²) in [6.45, 7) is 6.00. The molecule has 1 aliphatic rings. The number of carbonyl (C=O) groups excluding carboxylic acids is 1. The van der Waals surface area contributed by atoms with Crippen molar-refractivity contribution >= 4 is 6.29 Å². The first-order valence-electron chi connectivity index (χ1n) is 6.06. The summed E-state index contributed by atoms with van der Waals surface area (Å²) in [5.41, 5.74) is 0. The first-order valence-corrected chi connectivity index (χ1v) is 6.06. The molecule has 0 saturated carbocycles. The Morgan fingerprint density at radius 3 is 2.62 bits per heavy atom. The molecule has 1 aliphatic heterocycles. The van der Waals surface area contributed by atoms with E-state index >= 15 is 0 Å². The van der Waals surface area contributed by atoms with E-state index in [1.165, 1.54) is 18.9 Å². The lowest BCUT2D eigenvalue weighted by Gasteiger charge is -2.16. The highest BCUT2D eigenvalue weighted by Crippen LogP contribution is 2.31. The van der Waals surface area contributed by atoms with Crippen molar-refractivity contribution in [2.24, 2.45) is 0 Å². The first kappa shape index (κ1) is 13.4. The smallest absolute Gasteiger partial charge is 0.164 e. The molecule has 0 bridgehead atoms. The minimum absolute atomic E-state index is 0.0812. The van der Waals surface area contributed by atoms with Crippen molar-refractivity contribution in [3.8, 4) is 0 Å². The third kappa shape index (κ3) is 4.06. The van der Waals surface area contributed by atoms with Crippen LogP contribution in [0.2, 0.25) is 0 Å². The fraction of sp³-hybridized carbons (Fsp3) is 0.769. The molecule has 3 heteroatoms. The lowest BCUT2D eigenvalue weighted by atomic mass is 10.1. The van der Waals surface area contributed by atoms with Gasteiger partial charge in [0, 0.05) is 0 Å². The van der Waals surface area contributed by atoms with E-state index in [4.69, 9.17) is 9.47 Å². The third-order valence-electron chi connectivity index (χ3n) is 2.69. The van der Waals surface area contributed by atoms with Gasteiger partial charge in [-0.05, 0) is 32.4 Å². The van der Waals surface area contributed by atoms with E-state index in [9.17, 15) is 4.79 Å². The molecule has 3 nitrogen and oxygen atoms in total. The summed E-state index contributed by atoms with van der Waals surface area (Å²) in [6, 6.07) is 0. The molecule has 0 amide bonds. The molecule has 16 heavy (non-hydrogen) atoms. The maximum absolute atomic E-state index is 10.3. The molecule has 2 atom stereocenters. The van der Waals surface area contributed by atoms with Gasteiger partial charge in [-0.3, -0.25) is 4.79 Å². The molecule has 0 aromatic heterocycles. The molecule has 1 heterocycles. The largest absolute Gasteiger partial charge is 0.344 e. The standard InChI is InChI=1S/C13H22O3/c1-4-5-6-8-11-12(9-7-10-14)16-13(2,3)15-11/h7,9-12H,4-6,8H2,1-3H3/b9-7+/t11-,12-/m1/s1. The van der Waals surface area contributed by atoms with E-state index < -0.39 is 5.79 Å². The molecular weight excluding hydrogens is 204 g/mol. The third-order valence-corrected chi connectivity index (χ3v) is 2.69. The molecule has 0 aliphatic carbocycles. The van der Waals surface area contributed by atoms with Gasteiger partial charge in [-0.15, -0.1) is 0 Å². The van der Waals surface area contributed by atoms with Gasteiger partial charge in [0.05, 0.1) is 6.10 Å². The van der Waals surface area contributed by atoms with E-state index in [0.717, 1.165) is 19.1 Å². The van der Waals surface area contributed by atoms with Gasteiger partial charge in [0.25, 0.3) is 0 Å². The highest BCUT2D eigenvalue weighted by atomic mass is 16.7. The minimum atomic E-state index is -0.533. The predicted octanol–water partition coefficient (Wildman–Crippen LogP) is 2.84. The summed E-state index contributed by atoms with van der Waals surface area (Å²) >= 11 is 0. The summed E-state index contributed by atoms with van der Waals surface area (Å²) in [5, 5.41) is 0. The lowest BCUT2D eigenvalue weighted by Crippen LogP contribution is -2.21. The Labute approximate surface area is 97.8 Å². The highest BCUT2D eigenvalue weighted by Gasteiger charge is 2.39. The summed E-state index contributed by atoms with van der Waals surface area (Å²) in [4.78, 5) is 10.3. The summed E-state index contributed by atoms with van der Waals surface area (Å²) in [7, 11) is 0. The second kappa shape index (κ2) is 6.16. The lowest BCUT2D eigenvalue weighted by molar-refractivity contribution is -0.143. The van der Waals surface area contributed by atoms with Crippen LogP contribution < -0.4 is 0 Å². The Morgan fingerprint density at radius 1 is 1.25 bits per heavy atom. The van der Waals surface area contributed by atoms with E-state index in [0.29, 0.717) is 0 Å². The zero-order chi connectivity index (χ0) is 12.0. The van der Waals surface area contributed by atoms with Crippen LogP contribution in [0.4, 0.5) is 0 Å². The number of allylic oxidation sites excluding steroid dienone is 1. The Kier molecular flexibility index (Phi) is 5.16. The summed E-state index contributed by atoms with van der Waals surface area (Å²) in [5.74, 6) is -0.533. The normalized spacial score (nSPS) is 28.7. The molecule has 1 fully saturated rings. The van der Waals surface area contributed by atoms with Crippen molar-refractivity contribution < 1.29 is 14.3 Å². The summed E-state index contributed by atoms with van der Waals surface area (Å²) in [6.07, 6.45) is 8.60. The van der Waals surface area contributed by atoms with Gasteiger partial charge in [-0.25, -0.2) is 0 Å². The zero-order valence-electron chi connectivity index (χ0n) is 10.4. The van der Waals surface area contributed by atoms with Crippen LogP contribution in [0.5, 0.6) is 0 Å². The number of unbranched alkanes of at least 4 members (excludes halogenated alkanes) is 2. The number of hydrogen-bond donors (Lipinski definition) is 0. The Bertz CT molecular complexity index is 246. The van der Waals surface area contributed by atoms with Crippen molar-refractivity contribution in [2.45, 2.75) is 64.4 Å². The van der Waals surface area contributed by atoms with Crippen LogP contribution >= 0.6 is 0 Å². The van der Waals surface area contributed by atoms with Crippen molar-refractivity contribution in [1.29, 1.82) is 0 Å². The van der Waals surface area contributed by atoms with E-state index in [1.807, 2.05) is 13.8 Å². The van der Waals surface area contributed by atoms with Gasteiger partial charge >= 0.3 is 0 Å². The quantitative estimate of drug-likeness (QED) is 0.397. The Hall–Kier alpha value is -0.670. The number of rotatable bonds is 6. The molecule has 0 aromatic carbocycles. The molecule has 0 radical (unpaired) electrons. The van der Waals surface area contributed by atoms with Gasteiger partial charge in [0.2, 0.25) is 0 Å². The molecule has 0 unspecified atom stereocenters. The van der Waals surface area contributed by atoms with E-state index in [1.54, 1.807) is 6.08 Å². The van der Waals surface area contributed by atoms with Crippen LogP contribution in [0.25, 0.3) is 0 Å². The number of hydrogen-bond acceptors (Lipinski definition) is 3. The number of ether oxygens (including phenoxy) is 2. The average Bonchev–Trinajstić information content (AvgIpc) is 2.51. The van der Waals surface area contributed by atoms with E-state index in [2.05, 4.69) is 6.92 Å². The number of carbonyl (C=O) groups is 1. The second-order valence-corrected chi connectivity index (χ2v) is 4.66. The van der Waals surface area contributed by atoms with Gasteiger partial charge in [-0.1, -0.05) is 26.2 Å². The van der Waals surface area contributed by atoms with Crippen LogP contribution in [0.15, 0.2) is 12.2 Å². The predicted molar refractivity (Wildman–Crippen MR) is 63.2 cm³/mol. The van der Waals surface area contributed by atoms with Crippen LogP contribution in [0.3, 0.4) is 0 Å². The van der Waals surface area contributed by atoms with Crippen molar-refractivity contribution in [3.05, 3.63) is 12.2 Å².